The van der Waals surface area contributed by atoms with Gasteiger partial charge in [0, 0.05) is 37.1 Å². The maximum Gasteiger partial charge on any atom is 0.166 e. The second-order valence-corrected chi connectivity index (χ2v) is 11.3. The highest BCUT2D eigenvalue weighted by molar-refractivity contribution is 6.11. The van der Waals surface area contributed by atoms with Crippen molar-refractivity contribution in [3.63, 3.8) is 0 Å². The number of Topliss-reactive ketones (excluding diaryl/α,β-unsaturated/α-hetero) is 3. The first-order valence-electron chi connectivity index (χ1n) is 15.2. The van der Waals surface area contributed by atoms with Crippen molar-refractivity contribution in [1.29, 1.82) is 0 Å². The van der Waals surface area contributed by atoms with Crippen LogP contribution in [0.15, 0.2) is 18.2 Å². The van der Waals surface area contributed by atoms with Gasteiger partial charge in [0.25, 0.3) is 0 Å². The third-order valence-electron chi connectivity index (χ3n) is 7.13. The van der Waals surface area contributed by atoms with Crippen LogP contribution in [0.4, 0.5) is 5.69 Å². The Hall–Kier alpha value is -2.30. The zero-order chi connectivity index (χ0) is 30.4. The van der Waals surface area contributed by atoms with Crippen LogP contribution in [0.25, 0.3) is 0 Å². The minimum absolute atomic E-state index is 0.0369. The molecule has 1 atom stereocenters. The zero-order valence-electron chi connectivity index (χ0n) is 26.8. The fourth-order valence-corrected chi connectivity index (χ4v) is 4.45. The number of nitrogens with one attached hydrogen (secondary N) is 1. The Kier molecular flexibility index (Phi) is 23.5. The molecule has 0 bridgehead atoms. The number of hydrogen-bond donors (Lipinski definition) is 1. The van der Waals surface area contributed by atoms with Gasteiger partial charge in [0.2, 0.25) is 0 Å². The standard InChI is InChI=1S/C14H19NO2.C9H18O.C9H18.C2H4O/c1-5-9(2)14(17)11-7-6-8-12(15-4)13(11)10(3)16;1-4-5-9(10)7-6-8(2)3;1-8(2)9-6-4-3-5-7-9;1-2-3/h6-9,15H,5H2,1-4H3;8H,4-7H2,1-3H3;8-9H,3-7H2,1-2H3;2H,1H3. The smallest absolute Gasteiger partial charge is 0.166 e. The lowest BCUT2D eigenvalue weighted by Gasteiger charge is -2.24. The summed E-state index contributed by atoms with van der Waals surface area (Å²) in [6.07, 6.45) is 12.6. The van der Waals surface area contributed by atoms with Gasteiger partial charge in [-0.1, -0.05) is 92.7 Å². The maximum atomic E-state index is 12.2. The molecule has 1 N–H and O–H groups in total. The van der Waals surface area contributed by atoms with Crippen LogP contribution in [-0.4, -0.2) is 30.7 Å². The number of anilines is 1. The lowest BCUT2D eigenvalue weighted by molar-refractivity contribution is -0.119. The summed E-state index contributed by atoms with van der Waals surface area (Å²) in [5.74, 6) is 2.98. The highest BCUT2D eigenvalue weighted by Gasteiger charge is 2.21. The molecule has 1 aromatic carbocycles. The van der Waals surface area contributed by atoms with E-state index in [1.807, 2.05) is 26.8 Å². The summed E-state index contributed by atoms with van der Waals surface area (Å²) in [7, 11) is 1.75. The summed E-state index contributed by atoms with van der Waals surface area (Å²) in [4.78, 5) is 43.6. The van der Waals surface area contributed by atoms with E-state index >= 15 is 0 Å². The number of carbonyl (C=O) groups excluding carboxylic acids is 4. The van der Waals surface area contributed by atoms with E-state index in [0.29, 0.717) is 28.5 Å². The van der Waals surface area contributed by atoms with Gasteiger partial charge in [0.05, 0.1) is 5.56 Å². The van der Waals surface area contributed by atoms with Gasteiger partial charge in [0.15, 0.2) is 11.6 Å². The Morgan fingerprint density at radius 1 is 0.974 bits per heavy atom. The minimum atomic E-state index is -0.0818. The van der Waals surface area contributed by atoms with Crippen LogP contribution < -0.4 is 5.32 Å². The molecule has 5 heteroatoms. The van der Waals surface area contributed by atoms with E-state index in [1.54, 1.807) is 19.2 Å². The zero-order valence-corrected chi connectivity index (χ0v) is 26.8. The average molecular weight is 546 g/mol. The van der Waals surface area contributed by atoms with Gasteiger partial charge in [-0.2, -0.15) is 0 Å². The molecule has 0 amide bonds. The lowest BCUT2D eigenvalue weighted by Crippen LogP contribution is -2.15. The average Bonchev–Trinajstić information content (AvgIpc) is 2.92. The van der Waals surface area contributed by atoms with Crippen molar-refractivity contribution >= 4 is 29.3 Å². The van der Waals surface area contributed by atoms with E-state index in [4.69, 9.17) is 4.79 Å². The maximum absolute atomic E-state index is 12.2. The van der Waals surface area contributed by atoms with Crippen molar-refractivity contribution in [3.8, 4) is 0 Å². The fraction of sp³-hybridized carbons (Fsp3) is 0.706. The Morgan fingerprint density at radius 3 is 1.92 bits per heavy atom. The monoisotopic (exact) mass is 545 g/mol. The van der Waals surface area contributed by atoms with E-state index in [-0.39, 0.29) is 17.5 Å². The van der Waals surface area contributed by atoms with Gasteiger partial charge in [-0.3, -0.25) is 14.4 Å². The van der Waals surface area contributed by atoms with Crippen molar-refractivity contribution < 1.29 is 19.2 Å². The van der Waals surface area contributed by atoms with E-state index in [9.17, 15) is 14.4 Å². The van der Waals surface area contributed by atoms with Gasteiger partial charge in [-0.05, 0) is 56.9 Å². The van der Waals surface area contributed by atoms with Crippen molar-refractivity contribution in [2.24, 2.45) is 23.7 Å². The molecule has 0 aromatic heterocycles. The summed E-state index contributed by atoms with van der Waals surface area (Å²) in [5, 5.41) is 2.96. The minimum Gasteiger partial charge on any atom is -0.388 e. The summed E-state index contributed by atoms with van der Waals surface area (Å²) in [5.41, 5.74) is 1.74. The summed E-state index contributed by atoms with van der Waals surface area (Å²) >= 11 is 0. The van der Waals surface area contributed by atoms with E-state index in [2.05, 4.69) is 33.0 Å². The van der Waals surface area contributed by atoms with Crippen molar-refractivity contribution in [3.05, 3.63) is 29.3 Å². The highest BCUT2D eigenvalue weighted by Crippen LogP contribution is 2.29. The quantitative estimate of drug-likeness (QED) is 0.221. The van der Waals surface area contributed by atoms with Gasteiger partial charge >= 0.3 is 0 Å². The van der Waals surface area contributed by atoms with Crippen molar-refractivity contribution in [1.82, 2.24) is 0 Å². The van der Waals surface area contributed by atoms with Crippen molar-refractivity contribution in [2.45, 2.75) is 127 Å². The fourth-order valence-electron chi connectivity index (χ4n) is 4.45. The third-order valence-corrected chi connectivity index (χ3v) is 7.13. The molecule has 1 aliphatic carbocycles. The molecule has 1 aliphatic rings. The number of rotatable bonds is 11. The number of benzene rings is 1. The molecule has 0 heterocycles. The molecular formula is C34H59NO4. The third kappa shape index (κ3) is 17.8. The molecule has 1 fully saturated rings. The molecular weight excluding hydrogens is 486 g/mol. The second-order valence-electron chi connectivity index (χ2n) is 11.3. The molecule has 0 radical (unpaired) electrons. The highest BCUT2D eigenvalue weighted by atomic mass is 16.1. The van der Waals surface area contributed by atoms with Crippen LogP contribution in [0.2, 0.25) is 0 Å². The summed E-state index contributed by atoms with van der Waals surface area (Å²) < 4.78 is 0. The number of hydrogen-bond acceptors (Lipinski definition) is 5. The van der Waals surface area contributed by atoms with Gasteiger partial charge in [-0.25, -0.2) is 0 Å². The molecule has 1 unspecified atom stereocenters. The van der Waals surface area contributed by atoms with Crippen LogP contribution in [0.3, 0.4) is 0 Å². The van der Waals surface area contributed by atoms with E-state index in [0.717, 1.165) is 50.2 Å². The molecule has 39 heavy (non-hydrogen) atoms. The first-order chi connectivity index (χ1) is 18.4. The van der Waals surface area contributed by atoms with Crippen LogP contribution in [-0.2, 0) is 9.59 Å². The van der Waals surface area contributed by atoms with Crippen molar-refractivity contribution in [2.75, 3.05) is 12.4 Å². The first-order valence-corrected chi connectivity index (χ1v) is 15.2. The molecule has 5 nitrogen and oxygen atoms in total. The Morgan fingerprint density at radius 2 is 1.54 bits per heavy atom. The predicted molar refractivity (Wildman–Crippen MR) is 167 cm³/mol. The lowest BCUT2D eigenvalue weighted by atomic mass is 9.82. The topological polar surface area (TPSA) is 80.3 Å². The largest absolute Gasteiger partial charge is 0.388 e. The number of carbonyl (C=O) groups is 4. The molecule has 0 saturated heterocycles. The van der Waals surface area contributed by atoms with E-state index in [1.165, 1.54) is 46.0 Å². The summed E-state index contributed by atoms with van der Waals surface area (Å²) in [6.45, 7) is 17.9. The van der Waals surface area contributed by atoms with Crippen LogP contribution in [0, 0.1) is 23.7 Å². The second kappa shape index (κ2) is 23.6. The van der Waals surface area contributed by atoms with Gasteiger partial charge in [0.1, 0.15) is 12.1 Å². The number of ketones is 3. The Labute approximate surface area is 240 Å². The van der Waals surface area contributed by atoms with Gasteiger partial charge in [-0.15, -0.1) is 0 Å². The molecule has 1 aromatic rings. The molecule has 0 spiro atoms. The Bertz CT molecular complexity index is 822. The Balaban J connectivity index is 0. The van der Waals surface area contributed by atoms with Crippen LogP contribution >= 0.6 is 0 Å². The van der Waals surface area contributed by atoms with Crippen LogP contribution in [0.5, 0.6) is 0 Å². The molecule has 224 valence electrons. The normalized spacial score (nSPS) is 13.5. The number of aldehydes is 1. The molecule has 0 aliphatic heterocycles. The molecule has 1 saturated carbocycles. The first kappa shape index (κ1) is 38.8. The SMILES string of the molecule is CC(C)C1CCCCC1.CC=O.CCC(C)C(=O)c1cccc(NC)c1C(C)=O.CCCC(=O)CCC(C)C. The van der Waals surface area contributed by atoms with Gasteiger partial charge < -0.3 is 10.1 Å². The van der Waals surface area contributed by atoms with Crippen LogP contribution in [0.1, 0.15) is 147 Å². The summed E-state index contributed by atoms with van der Waals surface area (Å²) in [6, 6.07) is 5.34. The van der Waals surface area contributed by atoms with E-state index < -0.39 is 0 Å². The predicted octanol–water partition coefficient (Wildman–Crippen LogP) is 9.38. The molecule has 2 rings (SSSR count).